The van der Waals surface area contributed by atoms with Crippen molar-refractivity contribution in [2.75, 3.05) is 0 Å². The van der Waals surface area contributed by atoms with E-state index in [-0.39, 0.29) is 4.75 Å². The fourth-order valence-electron chi connectivity index (χ4n) is 1.77. The molecule has 0 aromatic rings. The molecule has 14 heavy (non-hydrogen) atoms. The van der Waals surface area contributed by atoms with Crippen LogP contribution in [0.5, 0.6) is 0 Å². The van der Waals surface area contributed by atoms with Crippen LogP contribution in [0, 0.1) is 10.7 Å². The third-order valence-corrected chi connectivity index (χ3v) is 4.34. The molecule has 0 heterocycles. The summed E-state index contributed by atoms with van der Waals surface area (Å²) in [7, 11) is 0. The summed E-state index contributed by atoms with van der Waals surface area (Å²) in [5.41, 5.74) is 0. The zero-order valence-electron chi connectivity index (χ0n) is 9.81. The summed E-state index contributed by atoms with van der Waals surface area (Å²) in [6, 6.07) is 0. The highest BCUT2D eigenvalue weighted by Crippen LogP contribution is 2.36. The number of nitriles is 1. The maximum absolute atomic E-state index is 8.78. The van der Waals surface area contributed by atoms with Crippen LogP contribution in [0.25, 0.3) is 0 Å². The van der Waals surface area contributed by atoms with Crippen LogP contribution < -0.4 is 0 Å². The summed E-state index contributed by atoms with van der Waals surface area (Å²) < 4.78 is 0.239. The van der Waals surface area contributed by atoms with Gasteiger partial charge in [0.25, 0.3) is 0 Å². The second kappa shape index (κ2) is 8.17. The molecule has 82 valence electrons. The van der Waals surface area contributed by atoms with E-state index in [9.17, 15) is 0 Å². The Hall–Kier alpha value is -0.160. The smallest absolute Gasteiger partial charge is 0.133 e. The Kier molecular flexibility index (Phi) is 8.08. The normalized spacial score (nSPS) is 11.3. The maximum atomic E-state index is 8.78. The molecule has 0 aliphatic heterocycles. The van der Waals surface area contributed by atoms with E-state index in [0.29, 0.717) is 0 Å². The summed E-state index contributed by atoms with van der Waals surface area (Å²) in [4.78, 5) is 0. The first-order chi connectivity index (χ1) is 6.74. The molecule has 0 aliphatic rings. The molecule has 0 saturated heterocycles. The molecule has 0 rings (SSSR count). The molecule has 0 saturated carbocycles. The van der Waals surface area contributed by atoms with Crippen molar-refractivity contribution >= 4 is 11.8 Å². The quantitative estimate of drug-likeness (QED) is 0.430. The van der Waals surface area contributed by atoms with Crippen molar-refractivity contribution in [3.05, 3.63) is 0 Å². The van der Waals surface area contributed by atoms with Gasteiger partial charge in [-0.2, -0.15) is 5.26 Å². The van der Waals surface area contributed by atoms with Crippen LogP contribution in [0.1, 0.15) is 65.7 Å². The van der Waals surface area contributed by atoms with Crippen LogP contribution in [0.2, 0.25) is 0 Å². The fourth-order valence-corrected chi connectivity index (χ4v) is 2.50. The average Bonchev–Trinajstić information content (AvgIpc) is 2.23. The van der Waals surface area contributed by atoms with E-state index in [4.69, 9.17) is 5.26 Å². The average molecular weight is 213 g/mol. The number of nitrogens with zero attached hydrogens (tertiary/aromatic N) is 1. The number of unbranched alkanes of at least 4 members (excludes halogenated alkanes) is 3. The third kappa shape index (κ3) is 4.91. The number of thioether (sulfide) groups is 1. The van der Waals surface area contributed by atoms with E-state index >= 15 is 0 Å². The van der Waals surface area contributed by atoms with Crippen LogP contribution in [0.15, 0.2) is 0 Å². The molecule has 0 aromatic carbocycles. The molecule has 0 aliphatic carbocycles. The van der Waals surface area contributed by atoms with Gasteiger partial charge in [0.15, 0.2) is 0 Å². The minimum Gasteiger partial charge on any atom is -0.185 e. The molecule has 0 bridgehead atoms. The van der Waals surface area contributed by atoms with Gasteiger partial charge in [-0.05, 0) is 31.0 Å². The first-order valence-electron chi connectivity index (χ1n) is 5.81. The zero-order valence-corrected chi connectivity index (χ0v) is 10.6. The van der Waals surface area contributed by atoms with E-state index < -0.39 is 0 Å². The van der Waals surface area contributed by atoms with Crippen LogP contribution in [-0.2, 0) is 0 Å². The summed E-state index contributed by atoms with van der Waals surface area (Å²) in [5.74, 6) is 0. The molecule has 1 nitrogen and oxygen atoms in total. The predicted molar refractivity (Wildman–Crippen MR) is 65.3 cm³/mol. The Labute approximate surface area is 93.3 Å². The van der Waals surface area contributed by atoms with E-state index in [1.54, 1.807) is 0 Å². The standard InChI is InChI=1S/C12H23NS/c1-4-7-8-9-10-12(5-2,6-3)14-11-13/h4-10H2,1-3H3. The van der Waals surface area contributed by atoms with Gasteiger partial charge in [0.1, 0.15) is 5.40 Å². The molecule has 0 fully saturated rings. The van der Waals surface area contributed by atoms with Crippen LogP contribution in [0.4, 0.5) is 0 Å². The van der Waals surface area contributed by atoms with Gasteiger partial charge >= 0.3 is 0 Å². The van der Waals surface area contributed by atoms with Gasteiger partial charge in [-0.15, -0.1) is 0 Å². The molecule has 0 aromatic heterocycles. The van der Waals surface area contributed by atoms with Gasteiger partial charge in [0.2, 0.25) is 0 Å². The van der Waals surface area contributed by atoms with Crippen molar-refractivity contribution in [2.24, 2.45) is 0 Å². The van der Waals surface area contributed by atoms with Crippen molar-refractivity contribution in [1.29, 1.82) is 5.26 Å². The van der Waals surface area contributed by atoms with E-state index in [2.05, 4.69) is 26.2 Å². The molecular weight excluding hydrogens is 190 g/mol. The zero-order chi connectivity index (χ0) is 10.9. The lowest BCUT2D eigenvalue weighted by atomic mass is 9.94. The molecule has 0 unspecified atom stereocenters. The highest BCUT2D eigenvalue weighted by atomic mass is 32.2. The minimum absolute atomic E-state index is 0.239. The number of hydrogen-bond acceptors (Lipinski definition) is 2. The van der Waals surface area contributed by atoms with Gasteiger partial charge in [-0.1, -0.05) is 46.5 Å². The molecule has 0 radical (unpaired) electrons. The van der Waals surface area contributed by atoms with Crippen molar-refractivity contribution in [2.45, 2.75) is 70.5 Å². The topological polar surface area (TPSA) is 23.8 Å². The second-order valence-corrected chi connectivity index (χ2v) is 5.15. The van der Waals surface area contributed by atoms with Gasteiger partial charge in [0.05, 0.1) is 0 Å². The lowest BCUT2D eigenvalue weighted by molar-refractivity contribution is 0.475. The Morgan fingerprint density at radius 1 is 1.07 bits per heavy atom. The molecule has 2 heteroatoms. The first-order valence-corrected chi connectivity index (χ1v) is 6.63. The Morgan fingerprint density at radius 3 is 2.14 bits per heavy atom. The number of rotatable bonds is 8. The Morgan fingerprint density at radius 2 is 1.71 bits per heavy atom. The Balaban J connectivity index is 3.89. The van der Waals surface area contributed by atoms with Gasteiger partial charge in [-0.3, -0.25) is 0 Å². The fraction of sp³-hybridized carbons (Fsp3) is 0.917. The molecule has 0 atom stereocenters. The summed E-state index contributed by atoms with van der Waals surface area (Å²) in [6.45, 7) is 6.64. The lowest BCUT2D eigenvalue weighted by Gasteiger charge is -2.27. The van der Waals surface area contributed by atoms with Crippen molar-refractivity contribution in [3.63, 3.8) is 0 Å². The second-order valence-electron chi connectivity index (χ2n) is 3.89. The van der Waals surface area contributed by atoms with E-state index in [1.165, 1.54) is 43.9 Å². The van der Waals surface area contributed by atoms with Gasteiger partial charge < -0.3 is 0 Å². The van der Waals surface area contributed by atoms with Crippen molar-refractivity contribution in [3.8, 4) is 5.40 Å². The lowest BCUT2D eigenvalue weighted by Crippen LogP contribution is -2.21. The van der Waals surface area contributed by atoms with Gasteiger partial charge in [-0.25, -0.2) is 0 Å². The largest absolute Gasteiger partial charge is 0.185 e. The summed E-state index contributed by atoms with van der Waals surface area (Å²) in [5, 5.41) is 11.0. The van der Waals surface area contributed by atoms with Crippen LogP contribution >= 0.6 is 11.8 Å². The maximum Gasteiger partial charge on any atom is 0.133 e. The SMILES string of the molecule is CCCCCCC(CC)(CC)SC#N. The summed E-state index contributed by atoms with van der Waals surface area (Å²) in [6.07, 6.45) is 8.67. The highest BCUT2D eigenvalue weighted by Gasteiger charge is 2.26. The van der Waals surface area contributed by atoms with E-state index in [0.717, 1.165) is 12.8 Å². The minimum atomic E-state index is 0.239. The van der Waals surface area contributed by atoms with E-state index in [1.807, 2.05) is 0 Å². The Bertz CT molecular complexity index is 168. The highest BCUT2D eigenvalue weighted by molar-refractivity contribution is 8.05. The third-order valence-electron chi connectivity index (χ3n) is 3.04. The molecular formula is C12H23NS. The number of hydrogen-bond donors (Lipinski definition) is 0. The number of thiocyanates is 1. The molecule has 0 amide bonds. The molecule has 0 spiro atoms. The van der Waals surface area contributed by atoms with Crippen molar-refractivity contribution < 1.29 is 0 Å². The van der Waals surface area contributed by atoms with Crippen LogP contribution in [-0.4, -0.2) is 4.75 Å². The first kappa shape index (κ1) is 13.8. The summed E-state index contributed by atoms with van der Waals surface area (Å²) >= 11 is 1.49. The van der Waals surface area contributed by atoms with Crippen LogP contribution in [0.3, 0.4) is 0 Å². The van der Waals surface area contributed by atoms with Crippen molar-refractivity contribution in [1.82, 2.24) is 0 Å². The monoisotopic (exact) mass is 213 g/mol. The van der Waals surface area contributed by atoms with Gasteiger partial charge in [0, 0.05) is 4.75 Å². The predicted octanol–water partition coefficient (Wildman–Crippen LogP) is 4.73. The molecule has 0 N–H and O–H groups in total.